The molecule has 0 aliphatic rings. The van der Waals surface area contributed by atoms with E-state index in [0.29, 0.717) is 6.07 Å². The third kappa shape index (κ3) is 2.34. The van der Waals surface area contributed by atoms with Crippen LogP contribution in [0.3, 0.4) is 0 Å². The van der Waals surface area contributed by atoms with Crippen LogP contribution in [0.15, 0.2) is 17.0 Å². The van der Waals surface area contributed by atoms with E-state index in [2.05, 4.69) is 0 Å². The number of benzene rings is 1. The maximum absolute atomic E-state index is 12.3. The molecule has 0 aliphatic carbocycles. The van der Waals surface area contributed by atoms with Gasteiger partial charge in [-0.05, 0) is 0 Å². The van der Waals surface area contributed by atoms with Crippen LogP contribution in [-0.2, 0) is 0 Å². The highest BCUT2D eigenvalue weighted by molar-refractivity contribution is 7.94. The van der Waals surface area contributed by atoms with E-state index in [1.807, 2.05) is 0 Å². The van der Waals surface area contributed by atoms with Gasteiger partial charge >= 0.3 is 0 Å². The number of rotatable bonds is 3. The maximum Gasteiger partial charge on any atom is 0.295 e. The number of hydrogen-bond donors (Lipinski definition) is 0. The van der Waals surface area contributed by atoms with Crippen molar-refractivity contribution in [3.8, 4) is 0 Å². The Morgan fingerprint density at radius 1 is 1.27 bits per heavy atom. The first-order valence-electron chi connectivity index (χ1n) is 3.38. The van der Waals surface area contributed by atoms with E-state index in [4.69, 9.17) is 11.6 Å². The van der Waals surface area contributed by atoms with Gasteiger partial charge < -0.3 is 0 Å². The summed E-state index contributed by atoms with van der Waals surface area (Å²) in [6, 6.07) is 1.52. The molecule has 15 heavy (non-hydrogen) atoms. The van der Waals surface area contributed by atoms with Crippen molar-refractivity contribution in [2.75, 3.05) is 0 Å². The molecule has 0 spiro atoms. The summed E-state index contributed by atoms with van der Waals surface area (Å²) in [6.45, 7) is 0. The second-order valence-electron chi connectivity index (χ2n) is 2.37. The van der Waals surface area contributed by atoms with Crippen LogP contribution in [-0.4, -0.2) is 9.85 Å². The lowest BCUT2D eigenvalue weighted by molar-refractivity contribution is -0.394. The van der Waals surface area contributed by atoms with Crippen LogP contribution in [0.5, 0.6) is 0 Å². The Balaban J connectivity index is 3.45. The summed E-state index contributed by atoms with van der Waals surface area (Å²) in [5.41, 5.74) is -1.27. The molecule has 0 bridgehead atoms. The third-order valence-electron chi connectivity index (χ3n) is 1.50. The Bertz CT molecular complexity index is 441. The highest BCUT2D eigenvalue weighted by Gasteiger charge is 2.23. The third-order valence-corrected chi connectivity index (χ3v) is 2.49. The van der Waals surface area contributed by atoms with Crippen molar-refractivity contribution in [3.05, 3.63) is 37.4 Å². The second kappa shape index (κ2) is 4.41. The van der Waals surface area contributed by atoms with Crippen LogP contribution in [0.2, 0.25) is 5.02 Å². The van der Waals surface area contributed by atoms with E-state index in [-0.39, 0.29) is 17.0 Å². The van der Waals surface area contributed by atoms with Crippen LogP contribution < -0.4 is 0 Å². The van der Waals surface area contributed by atoms with Gasteiger partial charge in [0.15, 0.2) is 0 Å². The van der Waals surface area contributed by atoms with Crippen molar-refractivity contribution in [3.63, 3.8) is 0 Å². The van der Waals surface area contributed by atoms with Crippen molar-refractivity contribution in [1.82, 2.24) is 0 Å². The molecular weight excluding hydrogens is 251 g/mol. The van der Waals surface area contributed by atoms with Gasteiger partial charge in [-0.1, -0.05) is 11.6 Å². The summed E-state index contributed by atoms with van der Waals surface area (Å²) in [7, 11) is 0. The number of hydrogen-bond acceptors (Lipinski definition) is 5. The van der Waals surface area contributed by atoms with Gasteiger partial charge in [-0.15, -0.1) is 0 Å². The summed E-state index contributed by atoms with van der Waals surface area (Å²) in [4.78, 5) is 18.7. The topological polar surface area (TPSA) is 86.3 Å². The van der Waals surface area contributed by atoms with Gasteiger partial charge in [-0.3, -0.25) is 20.2 Å². The molecule has 0 saturated carbocycles. The van der Waals surface area contributed by atoms with E-state index in [1.165, 1.54) is 0 Å². The lowest BCUT2D eigenvalue weighted by atomic mass is 10.3. The molecule has 0 aliphatic heterocycles. The highest BCUT2D eigenvalue weighted by Crippen LogP contribution is 2.38. The van der Waals surface area contributed by atoms with Gasteiger partial charge in [-0.2, -0.15) is 3.89 Å². The van der Waals surface area contributed by atoms with E-state index >= 15 is 0 Å². The molecule has 1 aromatic rings. The molecule has 0 saturated heterocycles. The van der Waals surface area contributed by atoms with E-state index < -0.39 is 26.2 Å². The van der Waals surface area contributed by atoms with E-state index in [9.17, 15) is 24.1 Å². The normalized spacial score (nSPS) is 10.0. The standard InChI is InChI=1S/C6H2ClFN2O4S/c7-6-4(10(13)14)1-3(9(11)12)2-5(6)15-8/h1-2H. The summed E-state index contributed by atoms with van der Waals surface area (Å²) in [5.74, 6) is 0. The summed E-state index contributed by atoms with van der Waals surface area (Å²) < 4.78 is 12.3. The van der Waals surface area contributed by atoms with Gasteiger partial charge in [0.05, 0.1) is 33.0 Å². The van der Waals surface area contributed by atoms with Crippen LogP contribution in [0.25, 0.3) is 0 Å². The number of nitro groups is 2. The number of nitro benzene ring substituents is 2. The molecule has 80 valence electrons. The molecule has 0 unspecified atom stereocenters. The average molecular weight is 253 g/mol. The monoisotopic (exact) mass is 252 g/mol. The summed E-state index contributed by atoms with van der Waals surface area (Å²) in [5, 5.41) is 20.3. The number of halogens is 2. The molecule has 0 atom stereocenters. The Morgan fingerprint density at radius 3 is 2.27 bits per heavy atom. The molecule has 6 nitrogen and oxygen atoms in total. The molecule has 0 amide bonds. The molecule has 1 aromatic carbocycles. The van der Waals surface area contributed by atoms with Gasteiger partial charge in [0, 0.05) is 6.07 Å². The SMILES string of the molecule is O=[N+]([O-])c1cc(SF)c(Cl)c([N+](=O)[O-])c1. The molecule has 0 radical (unpaired) electrons. The minimum Gasteiger partial charge on any atom is -0.258 e. The predicted octanol–water partition coefficient (Wildman–Crippen LogP) is 3.13. The van der Waals surface area contributed by atoms with E-state index in [0.717, 1.165) is 6.07 Å². The molecule has 1 rings (SSSR count). The van der Waals surface area contributed by atoms with Crippen molar-refractivity contribution < 1.29 is 13.7 Å². The minimum atomic E-state index is -0.908. The molecule has 9 heteroatoms. The van der Waals surface area contributed by atoms with Crippen LogP contribution in [0.4, 0.5) is 15.3 Å². The summed E-state index contributed by atoms with van der Waals surface area (Å²) in [6.07, 6.45) is 0. The second-order valence-corrected chi connectivity index (χ2v) is 3.34. The first kappa shape index (κ1) is 11.7. The molecule has 0 fully saturated rings. The highest BCUT2D eigenvalue weighted by atomic mass is 35.5. The van der Waals surface area contributed by atoms with Crippen LogP contribution >= 0.6 is 23.7 Å². The fourth-order valence-electron chi connectivity index (χ4n) is 0.863. The average Bonchev–Trinajstić information content (AvgIpc) is 2.17. The zero-order valence-corrected chi connectivity index (χ0v) is 8.42. The van der Waals surface area contributed by atoms with Gasteiger partial charge in [-0.25, -0.2) is 0 Å². The zero-order valence-electron chi connectivity index (χ0n) is 6.85. The van der Waals surface area contributed by atoms with Crippen LogP contribution in [0, 0.1) is 20.2 Å². The fraction of sp³-hybridized carbons (Fsp3) is 0. The van der Waals surface area contributed by atoms with E-state index in [1.54, 1.807) is 0 Å². The largest absolute Gasteiger partial charge is 0.295 e. The maximum atomic E-state index is 12.3. The molecule has 0 aromatic heterocycles. The zero-order chi connectivity index (χ0) is 11.6. The number of non-ortho nitro benzene ring substituents is 1. The molecule has 0 N–H and O–H groups in total. The smallest absolute Gasteiger partial charge is 0.258 e. The van der Waals surface area contributed by atoms with Gasteiger partial charge in [0.2, 0.25) is 0 Å². The summed E-state index contributed by atoms with van der Waals surface area (Å²) >= 11 is 5.07. The molecular formula is C6H2ClFN2O4S. The quantitative estimate of drug-likeness (QED) is 0.609. The van der Waals surface area contributed by atoms with Crippen molar-refractivity contribution in [2.45, 2.75) is 4.90 Å². The predicted molar refractivity (Wildman–Crippen MR) is 51.7 cm³/mol. The van der Waals surface area contributed by atoms with Gasteiger partial charge in [0.25, 0.3) is 11.4 Å². The first-order valence-corrected chi connectivity index (χ1v) is 4.47. The Hall–Kier alpha value is -1.41. The lowest BCUT2D eigenvalue weighted by Crippen LogP contribution is -1.94. The first-order chi connectivity index (χ1) is 6.97. The Morgan fingerprint density at radius 2 is 1.87 bits per heavy atom. The Kier molecular flexibility index (Phi) is 3.43. The van der Waals surface area contributed by atoms with Crippen LogP contribution in [0.1, 0.15) is 0 Å². The van der Waals surface area contributed by atoms with Crippen molar-refractivity contribution in [2.24, 2.45) is 0 Å². The lowest BCUT2D eigenvalue weighted by Gasteiger charge is -1.99. The number of nitrogens with zero attached hydrogens (tertiary/aromatic N) is 2. The van der Waals surface area contributed by atoms with Gasteiger partial charge in [0.1, 0.15) is 5.02 Å². The van der Waals surface area contributed by atoms with Crippen molar-refractivity contribution >= 4 is 35.1 Å². The molecule has 0 heterocycles. The Labute approximate surface area is 91.6 Å². The minimum absolute atomic E-state index is 0.349. The van der Waals surface area contributed by atoms with Crippen molar-refractivity contribution in [1.29, 1.82) is 0 Å². The fourth-order valence-corrected chi connectivity index (χ4v) is 1.47.